The number of carbonyl (C=O) groups is 1. The minimum Gasteiger partial charge on any atom is -0.346 e. The average Bonchev–Trinajstić information content (AvgIpc) is 2.96. The average molecular weight is 334 g/mol. The molecule has 1 aromatic carbocycles. The number of hydrogen-bond donors (Lipinski definition) is 1. The van der Waals surface area contributed by atoms with Gasteiger partial charge in [-0.15, -0.1) is 11.3 Å². The van der Waals surface area contributed by atoms with E-state index in [2.05, 4.69) is 10.3 Å². The highest BCUT2D eigenvalue weighted by Crippen LogP contribution is 2.41. The summed E-state index contributed by atoms with van der Waals surface area (Å²) < 4.78 is 12.1. The fraction of sp³-hybridized carbons (Fsp3) is 0.375. The molecule has 2 aromatic rings. The van der Waals surface area contributed by atoms with Gasteiger partial charge in [-0.25, -0.2) is 4.98 Å². The van der Waals surface area contributed by atoms with Gasteiger partial charge in [-0.2, -0.15) is 0 Å². The zero-order chi connectivity index (χ0) is 15.4. The second-order valence-corrected chi connectivity index (χ2v) is 7.94. The molecule has 1 aromatic heterocycles. The Morgan fingerprint density at radius 2 is 2.09 bits per heavy atom. The molecule has 1 amide bonds. The molecule has 0 saturated heterocycles. The molecular formula is C16H18N2O2S2. The first-order chi connectivity index (χ1) is 10.7. The minimum absolute atomic E-state index is 0.0359. The van der Waals surface area contributed by atoms with Gasteiger partial charge >= 0.3 is 0 Å². The number of benzene rings is 1. The Hall–Kier alpha value is -1.53. The first kappa shape index (κ1) is 15.4. The molecule has 1 saturated carbocycles. The molecule has 1 aliphatic carbocycles. The Kier molecular flexibility index (Phi) is 4.69. The van der Waals surface area contributed by atoms with Gasteiger partial charge in [0.15, 0.2) is 0 Å². The first-order valence-electron chi connectivity index (χ1n) is 7.28. The van der Waals surface area contributed by atoms with Crippen LogP contribution in [0.3, 0.4) is 0 Å². The van der Waals surface area contributed by atoms with E-state index >= 15 is 0 Å². The quantitative estimate of drug-likeness (QED) is 0.883. The molecule has 1 atom stereocenters. The molecule has 6 heteroatoms. The Balaban J connectivity index is 1.60. The molecule has 116 valence electrons. The summed E-state index contributed by atoms with van der Waals surface area (Å²) in [7, 11) is -1.21. The molecular weight excluding hydrogens is 316 g/mol. The van der Waals surface area contributed by atoms with Crippen molar-refractivity contribution < 1.29 is 9.00 Å². The smallest absolute Gasteiger partial charge is 0.233 e. The monoisotopic (exact) mass is 334 g/mol. The van der Waals surface area contributed by atoms with Gasteiger partial charge in [0, 0.05) is 22.4 Å². The Labute approximate surface area is 136 Å². The summed E-state index contributed by atoms with van der Waals surface area (Å²) in [6.45, 7) is 0. The van der Waals surface area contributed by atoms with E-state index < -0.39 is 10.8 Å². The fourth-order valence-electron chi connectivity index (χ4n) is 2.74. The van der Waals surface area contributed by atoms with Crippen LogP contribution in [0.4, 0.5) is 0 Å². The van der Waals surface area contributed by atoms with Crippen molar-refractivity contribution in [3.8, 4) is 0 Å². The van der Waals surface area contributed by atoms with Crippen LogP contribution in [0.1, 0.15) is 29.8 Å². The van der Waals surface area contributed by atoms with Crippen LogP contribution in [0.2, 0.25) is 0 Å². The molecule has 0 radical (unpaired) electrons. The Morgan fingerprint density at radius 3 is 2.68 bits per heavy atom. The summed E-state index contributed by atoms with van der Waals surface area (Å²) in [6, 6.07) is 10.0. The van der Waals surface area contributed by atoms with Gasteiger partial charge in [0.05, 0.1) is 11.3 Å². The third-order valence-corrected chi connectivity index (χ3v) is 6.11. The van der Waals surface area contributed by atoms with Crippen LogP contribution < -0.4 is 5.32 Å². The van der Waals surface area contributed by atoms with E-state index in [4.69, 9.17) is 0 Å². The normalized spacial score (nSPS) is 17.5. The van der Waals surface area contributed by atoms with E-state index in [0.717, 1.165) is 29.8 Å². The van der Waals surface area contributed by atoms with E-state index in [1.54, 1.807) is 6.20 Å². The summed E-state index contributed by atoms with van der Waals surface area (Å²) in [5, 5.41) is 5.77. The van der Waals surface area contributed by atoms with Crippen molar-refractivity contribution in [3.63, 3.8) is 0 Å². The topological polar surface area (TPSA) is 59.1 Å². The molecule has 1 fully saturated rings. The number of hydrogen-bond acceptors (Lipinski definition) is 4. The summed E-state index contributed by atoms with van der Waals surface area (Å²) >= 11 is 1.47. The number of amides is 1. The molecule has 0 spiro atoms. The second kappa shape index (κ2) is 6.71. The predicted octanol–water partition coefficient (Wildman–Crippen LogP) is 2.59. The lowest BCUT2D eigenvalue weighted by Crippen LogP contribution is -2.51. The summed E-state index contributed by atoms with van der Waals surface area (Å²) in [5.74, 6) is 0.246. The van der Waals surface area contributed by atoms with Crippen LogP contribution in [-0.4, -0.2) is 20.9 Å². The molecule has 1 heterocycles. The molecule has 4 nitrogen and oxygen atoms in total. The molecule has 0 unspecified atom stereocenters. The molecule has 1 N–H and O–H groups in total. The van der Waals surface area contributed by atoms with Crippen molar-refractivity contribution in [2.24, 2.45) is 0 Å². The van der Waals surface area contributed by atoms with E-state index in [1.807, 2.05) is 35.7 Å². The van der Waals surface area contributed by atoms with Gasteiger partial charge in [-0.05, 0) is 24.8 Å². The largest absolute Gasteiger partial charge is 0.346 e. The van der Waals surface area contributed by atoms with E-state index in [0.29, 0.717) is 5.75 Å². The maximum Gasteiger partial charge on any atom is 0.233 e. The van der Waals surface area contributed by atoms with Crippen molar-refractivity contribution in [2.75, 3.05) is 5.75 Å². The van der Waals surface area contributed by atoms with Gasteiger partial charge in [0.2, 0.25) is 5.91 Å². The zero-order valence-corrected chi connectivity index (χ0v) is 13.8. The molecule has 0 aliphatic heterocycles. The lowest BCUT2D eigenvalue weighted by molar-refractivity contribution is -0.121. The number of carbonyl (C=O) groups excluding carboxylic acids is 1. The standard InChI is InChI=1S/C16H18N2O2S2/c19-14(11-22(20)12-15-17-9-10-21-15)18-16(7-4-8-16)13-5-2-1-3-6-13/h1-3,5-6,9-10H,4,7-8,11-12H2,(H,18,19)/t22-/m1/s1. The van der Waals surface area contributed by atoms with Crippen molar-refractivity contribution >= 4 is 28.0 Å². The van der Waals surface area contributed by atoms with Gasteiger partial charge in [0.1, 0.15) is 10.8 Å². The highest BCUT2D eigenvalue weighted by molar-refractivity contribution is 7.85. The van der Waals surface area contributed by atoms with Crippen LogP contribution in [0.5, 0.6) is 0 Å². The number of rotatable bonds is 6. The van der Waals surface area contributed by atoms with Gasteiger partial charge in [-0.1, -0.05) is 30.3 Å². The molecule has 1 aliphatic rings. The third kappa shape index (κ3) is 3.44. The Bertz CT molecular complexity index is 652. The number of thiazole rings is 1. The van der Waals surface area contributed by atoms with Crippen LogP contribution in [0.15, 0.2) is 41.9 Å². The van der Waals surface area contributed by atoms with Gasteiger partial charge in [0.25, 0.3) is 0 Å². The van der Waals surface area contributed by atoms with E-state index in [1.165, 1.54) is 11.3 Å². The van der Waals surface area contributed by atoms with Crippen LogP contribution in [0, 0.1) is 0 Å². The third-order valence-electron chi connectivity index (χ3n) is 3.97. The molecule has 22 heavy (non-hydrogen) atoms. The number of nitrogens with one attached hydrogen (secondary N) is 1. The summed E-state index contributed by atoms with van der Waals surface area (Å²) in [6.07, 6.45) is 4.69. The highest BCUT2D eigenvalue weighted by Gasteiger charge is 2.39. The van der Waals surface area contributed by atoms with Crippen molar-refractivity contribution in [2.45, 2.75) is 30.6 Å². The van der Waals surface area contributed by atoms with Gasteiger partial charge < -0.3 is 5.32 Å². The lowest BCUT2D eigenvalue weighted by Gasteiger charge is -2.43. The minimum atomic E-state index is -1.21. The lowest BCUT2D eigenvalue weighted by atomic mass is 9.72. The zero-order valence-electron chi connectivity index (χ0n) is 12.2. The maximum atomic E-state index is 12.2. The number of aromatic nitrogens is 1. The van der Waals surface area contributed by atoms with Crippen molar-refractivity contribution in [1.29, 1.82) is 0 Å². The van der Waals surface area contributed by atoms with Crippen LogP contribution >= 0.6 is 11.3 Å². The van der Waals surface area contributed by atoms with Crippen molar-refractivity contribution in [3.05, 3.63) is 52.5 Å². The fourth-order valence-corrected chi connectivity index (χ4v) is 4.62. The predicted molar refractivity (Wildman–Crippen MR) is 88.9 cm³/mol. The SMILES string of the molecule is O=C(C[S@@](=O)Cc1nccs1)NC1(c2ccccc2)CCC1. The summed E-state index contributed by atoms with van der Waals surface area (Å²) in [4.78, 5) is 16.3. The summed E-state index contributed by atoms with van der Waals surface area (Å²) in [5.41, 5.74) is 0.879. The maximum absolute atomic E-state index is 12.2. The van der Waals surface area contributed by atoms with Crippen LogP contribution in [0.25, 0.3) is 0 Å². The first-order valence-corrected chi connectivity index (χ1v) is 9.65. The second-order valence-electron chi connectivity index (χ2n) is 5.50. The highest BCUT2D eigenvalue weighted by atomic mass is 32.2. The van der Waals surface area contributed by atoms with E-state index in [9.17, 15) is 9.00 Å². The molecule has 0 bridgehead atoms. The van der Waals surface area contributed by atoms with E-state index in [-0.39, 0.29) is 17.2 Å². The van der Waals surface area contributed by atoms with Crippen LogP contribution in [-0.2, 0) is 26.9 Å². The van der Waals surface area contributed by atoms with Gasteiger partial charge in [-0.3, -0.25) is 9.00 Å². The van der Waals surface area contributed by atoms with Crippen molar-refractivity contribution in [1.82, 2.24) is 10.3 Å². The Morgan fingerprint density at radius 1 is 1.32 bits per heavy atom. The number of nitrogens with zero attached hydrogens (tertiary/aromatic N) is 1. The molecule has 3 rings (SSSR count).